The minimum Gasteiger partial charge on any atom is -0.542 e. The number of carbonyl (C=O) groups is 1. The van der Waals surface area contributed by atoms with Crippen LogP contribution in [-0.2, 0) is 9.22 Å². The van der Waals surface area contributed by atoms with Crippen LogP contribution in [0.4, 0.5) is 13.2 Å². The van der Waals surface area contributed by atoms with Crippen LogP contribution in [0.5, 0.6) is 11.5 Å². The summed E-state index contributed by atoms with van der Waals surface area (Å²) in [6.45, 7) is 17.0. The largest absolute Gasteiger partial charge is 0.542 e. The molecular weight excluding hydrogens is 459 g/mol. The molecule has 5 nitrogen and oxygen atoms in total. The Bertz CT molecular complexity index is 769. The summed E-state index contributed by atoms with van der Waals surface area (Å²) >= 11 is 0. The summed E-state index contributed by atoms with van der Waals surface area (Å²) in [5.41, 5.74) is 0.653. The molecule has 0 saturated heterocycles. The summed E-state index contributed by atoms with van der Waals surface area (Å²) in [4.78, 5) is 12.2. The van der Waals surface area contributed by atoms with Gasteiger partial charge in [-0.2, -0.15) is 13.2 Å². The summed E-state index contributed by atoms with van der Waals surface area (Å²) in [5, 5.41) is 0. The van der Waals surface area contributed by atoms with Crippen LogP contribution in [0.2, 0.25) is 58.9 Å². The first-order chi connectivity index (χ1) is 13.7. The van der Waals surface area contributed by atoms with Gasteiger partial charge in [0, 0.05) is 6.54 Å². The van der Waals surface area contributed by atoms with Gasteiger partial charge in [0.2, 0.25) is 8.32 Å². The Morgan fingerprint density at radius 3 is 1.90 bits per heavy atom. The molecule has 0 aliphatic rings. The van der Waals surface area contributed by atoms with E-state index in [9.17, 15) is 18.0 Å². The van der Waals surface area contributed by atoms with Gasteiger partial charge in [0.05, 0.1) is 13.2 Å². The van der Waals surface area contributed by atoms with Crippen molar-refractivity contribution in [3.63, 3.8) is 0 Å². The second-order valence-electron chi connectivity index (χ2n) is 10.4. The predicted octanol–water partition coefficient (Wildman–Crippen LogP) is 6.03. The van der Waals surface area contributed by atoms with Crippen molar-refractivity contribution < 1.29 is 31.6 Å². The molecule has 11 heteroatoms. The lowest BCUT2D eigenvalue weighted by Crippen LogP contribution is -2.56. The van der Waals surface area contributed by atoms with Crippen LogP contribution in [-0.4, -0.2) is 55.2 Å². The van der Waals surface area contributed by atoms with Crippen LogP contribution < -0.4 is 9.16 Å². The zero-order valence-electron chi connectivity index (χ0n) is 20.2. The van der Waals surface area contributed by atoms with Gasteiger partial charge >= 0.3 is 12.1 Å². The van der Waals surface area contributed by atoms with Gasteiger partial charge in [-0.15, -0.1) is 0 Å². The molecule has 1 unspecified atom stereocenters. The second-order valence-corrected chi connectivity index (χ2v) is 24.2. The quantitative estimate of drug-likeness (QED) is 0.393. The number of rotatable bonds is 9. The Hall–Kier alpha value is -1.31. The molecule has 0 fully saturated rings. The van der Waals surface area contributed by atoms with Gasteiger partial charge in [0.25, 0.3) is 0 Å². The number of carbonyl (C=O) groups excluding carboxylic acids is 1. The molecule has 0 aromatic heterocycles. The molecule has 0 spiro atoms. The van der Waals surface area contributed by atoms with Crippen molar-refractivity contribution in [1.29, 1.82) is 0 Å². The van der Waals surface area contributed by atoms with Crippen LogP contribution >= 0.6 is 0 Å². The Kier molecular flexibility index (Phi) is 8.65. The van der Waals surface area contributed by atoms with Gasteiger partial charge in [0.15, 0.2) is 22.3 Å². The van der Waals surface area contributed by atoms with E-state index in [2.05, 4.69) is 0 Å². The number of nitrogens with zero attached hydrogens (tertiary/aromatic N) is 1. The molecule has 0 aliphatic heterocycles. The average molecular weight is 496 g/mol. The van der Waals surface area contributed by atoms with E-state index in [1.165, 1.54) is 7.11 Å². The smallest absolute Gasteiger partial charge is 0.470 e. The third kappa shape index (κ3) is 8.99. The van der Waals surface area contributed by atoms with Crippen molar-refractivity contribution in [3.05, 3.63) is 23.8 Å². The first-order valence-corrected chi connectivity index (χ1v) is 20.4. The molecule has 1 atom stereocenters. The molecule has 31 heavy (non-hydrogen) atoms. The molecule has 1 aromatic carbocycles. The normalized spacial score (nSPS) is 14.2. The number of hydrogen-bond acceptors (Lipinski definition) is 4. The fourth-order valence-corrected chi connectivity index (χ4v) is 6.26. The van der Waals surface area contributed by atoms with Gasteiger partial charge in [-0.3, -0.25) is 4.79 Å². The maximum Gasteiger partial charge on any atom is 0.470 e. The van der Waals surface area contributed by atoms with Crippen molar-refractivity contribution in [2.24, 2.45) is 0 Å². The van der Waals surface area contributed by atoms with Gasteiger partial charge in [-0.1, -0.05) is 25.7 Å². The van der Waals surface area contributed by atoms with Crippen LogP contribution in [0.3, 0.4) is 0 Å². The maximum atomic E-state index is 13.3. The average Bonchev–Trinajstić information content (AvgIpc) is 2.54. The highest BCUT2D eigenvalue weighted by Gasteiger charge is 2.47. The van der Waals surface area contributed by atoms with E-state index in [1.807, 2.05) is 39.3 Å². The van der Waals surface area contributed by atoms with Crippen molar-refractivity contribution in [1.82, 2.24) is 4.57 Å². The number of ether oxygens (including phenoxy) is 1. The van der Waals surface area contributed by atoms with Crippen LogP contribution in [0, 0.1) is 0 Å². The van der Waals surface area contributed by atoms with Gasteiger partial charge in [0.1, 0.15) is 5.75 Å². The summed E-state index contributed by atoms with van der Waals surface area (Å²) in [6, 6.07) is 5.28. The van der Waals surface area contributed by atoms with E-state index < -0.39 is 43.1 Å². The molecule has 1 rings (SSSR count). The number of benzene rings is 1. The lowest BCUT2D eigenvalue weighted by Gasteiger charge is -2.39. The number of amides is 1. The molecular formula is C20H36F3NO4Si3. The minimum atomic E-state index is -4.93. The first kappa shape index (κ1) is 27.7. The summed E-state index contributed by atoms with van der Waals surface area (Å²) in [7, 11) is -5.18. The number of methoxy groups -OCH3 is 1. The van der Waals surface area contributed by atoms with Gasteiger partial charge in [-0.05, 0) is 57.0 Å². The topological polar surface area (TPSA) is 48.0 Å². The molecule has 1 amide bonds. The molecule has 0 aliphatic carbocycles. The third-order valence-corrected chi connectivity index (χ3v) is 7.95. The minimum absolute atomic E-state index is 0.171. The van der Waals surface area contributed by atoms with Gasteiger partial charge in [-0.25, -0.2) is 0 Å². The monoisotopic (exact) mass is 495 g/mol. The van der Waals surface area contributed by atoms with Crippen molar-refractivity contribution >= 4 is 30.8 Å². The van der Waals surface area contributed by atoms with Crippen LogP contribution in [0.25, 0.3) is 0 Å². The third-order valence-electron chi connectivity index (χ3n) is 4.12. The number of alkyl halides is 3. The number of hydrogen-bond donors (Lipinski definition) is 0. The first-order valence-electron chi connectivity index (χ1n) is 10.2. The Labute approximate surface area is 187 Å². The highest BCUT2D eigenvalue weighted by molar-refractivity contribution is 6.75. The molecule has 0 N–H and O–H groups in total. The van der Waals surface area contributed by atoms with E-state index >= 15 is 0 Å². The molecule has 0 saturated carbocycles. The van der Waals surface area contributed by atoms with E-state index in [4.69, 9.17) is 13.6 Å². The molecule has 1 aromatic rings. The second kappa shape index (κ2) is 9.67. The van der Waals surface area contributed by atoms with E-state index in [0.717, 1.165) is 4.57 Å². The van der Waals surface area contributed by atoms with Crippen LogP contribution in [0.1, 0.15) is 11.7 Å². The predicted molar refractivity (Wildman–Crippen MR) is 125 cm³/mol. The molecule has 0 heterocycles. The fraction of sp³-hybridized carbons (Fsp3) is 0.650. The lowest BCUT2D eigenvalue weighted by molar-refractivity contribution is -0.181. The summed E-state index contributed by atoms with van der Waals surface area (Å²) in [6.07, 6.45) is -5.64. The SMILES string of the molecule is COc1cc(C(CN(C(=O)C(F)(F)F)[Si](C)(C)C)O[Si](C)(C)C)ccc1O[Si](C)(C)C. The van der Waals surface area contributed by atoms with E-state index in [1.54, 1.807) is 37.8 Å². The Morgan fingerprint density at radius 2 is 1.52 bits per heavy atom. The number of halogens is 3. The maximum absolute atomic E-state index is 13.3. The highest BCUT2D eigenvalue weighted by Crippen LogP contribution is 2.35. The molecule has 0 bridgehead atoms. The van der Waals surface area contributed by atoms with Crippen LogP contribution in [0.15, 0.2) is 18.2 Å². The highest BCUT2D eigenvalue weighted by atomic mass is 28.4. The zero-order valence-corrected chi connectivity index (χ0v) is 23.2. The molecule has 0 radical (unpaired) electrons. The summed E-state index contributed by atoms with van der Waals surface area (Å²) in [5.74, 6) is -0.738. The lowest BCUT2D eigenvalue weighted by atomic mass is 10.1. The van der Waals surface area contributed by atoms with E-state index in [-0.39, 0.29) is 6.54 Å². The van der Waals surface area contributed by atoms with Crippen molar-refractivity contribution in [2.75, 3.05) is 13.7 Å². The van der Waals surface area contributed by atoms with Crippen molar-refractivity contribution in [2.45, 2.75) is 71.2 Å². The summed E-state index contributed by atoms with van der Waals surface area (Å²) < 4.78 is 58.7. The zero-order chi connectivity index (χ0) is 24.4. The fourth-order valence-electron chi connectivity index (χ4n) is 2.92. The Morgan fingerprint density at radius 1 is 0.968 bits per heavy atom. The standard InChI is InChI=1S/C20H36F3NO4Si3/c1-26-17-13-15(11-12-16(17)27-30(5,6)7)18(28-31(8,9)10)14-24(29(2,3)4)19(25)20(21,22)23/h11-13,18H,14H2,1-10H3. The molecule has 178 valence electrons. The van der Waals surface area contributed by atoms with E-state index in [0.29, 0.717) is 17.1 Å². The van der Waals surface area contributed by atoms with Gasteiger partial charge < -0.3 is 18.2 Å². The Balaban J connectivity index is 3.44. The van der Waals surface area contributed by atoms with Crippen molar-refractivity contribution in [3.8, 4) is 11.5 Å².